The van der Waals surface area contributed by atoms with Gasteiger partial charge in [-0.15, -0.1) is 0 Å². The predicted octanol–water partition coefficient (Wildman–Crippen LogP) is 3.37. The molecule has 1 aliphatic heterocycles. The number of nitrogens with zero attached hydrogens (tertiary/aromatic N) is 3. The topological polar surface area (TPSA) is 67.3 Å². The third kappa shape index (κ3) is 4.43. The van der Waals surface area contributed by atoms with Crippen LogP contribution in [0.3, 0.4) is 0 Å². The number of carbonyl (C=O) groups is 1. The Kier molecular flexibility index (Phi) is 5.93. The molecule has 2 aromatic rings. The zero-order chi connectivity index (χ0) is 18.5. The van der Waals surface area contributed by atoms with Crippen molar-refractivity contribution in [2.24, 2.45) is 0 Å². The van der Waals surface area contributed by atoms with Crippen LogP contribution < -0.4 is 15.0 Å². The van der Waals surface area contributed by atoms with Gasteiger partial charge in [0.25, 0.3) is 5.91 Å². The minimum absolute atomic E-state index is 0.247. The fraction of sp³-hybridized carbons (Fsp3) is 0.421. The second kappa shape index (κ2) is 8.36. The van der Waals surface area contributed by atoms with Crippen LogP contribution in [-0.2, 0) is 6.54 Å². The Hall–Kier alpha value is -2.34. The Balaban J connectivity index is 1.72. The van der Waals surface area contributed by atoms with Crippen LogP contribution in [-0.4, -0.2) is 36.1 Å². The summed E-state index contributed by atoms with van der Waals surface area (Å²) in [6.45, 7) is 4.22. The van der Waals surface area contributed by atoms with Crippen LogP contribution in [0.5, 0.6) is 5.75 Å². The molecule has 0 saturated carbocycles. The van der Waals surface area contributed by atoms with Crippen molar-refractivity contribution < 1.29 is 9.53 Å². The lowest BCUT2D eigenvalue weighted by atomic mass is 10.1. The maximum Gasteiger partial charge on any atom is 0.255 e. The van der Waals surface area contributed by atoms with Crippen molar-refractivity contribution in [1.82, 2.24) is 15.3 Å². The molecule has 1 aliphatic rings. The van der Waals surface area contributed by atoms with E-state index in [9.17, 15) is 4.79 Å². The molecule has 0 unspecified atom stereocenters. The minimum atomic E-state index is -0.269. The van der Waals surface area contributed by atoms with Crippen molar-refractivity contribution in [1.29, 1.82) is 0 Å². The van der Waals surface area contributed by atoms with E-state index in [2.05, 4.69) is 20.2 Å². The van der Waals surface area contributed by atoms with Gasteiger partial charge in [0.05, 0.1) is 19.2 Å². The first-order valence-electron chi connectivity index (χ1n) is 8.78. The number of nitrogens with one attached hydrogen (secondary N) is 1. The number of hydrogen-bond donors (Lipinski definition) is 1. The summed E-state index contributed by atoms with van der Waals surface area (Å²) in [5.74, 6) is 1.74. The molecule has 1 N–H and O–H groups in total. The first-order valence-corrected chi connectivity index (χ1v) is 9.16. The van der Waals surface area contributed by atoms with E-state index in [4.69, 9.17) is 16.3 Å². The van der Waals surface area contributed by atoms with Gasteiger partial charge in [-0.25, -0.2) is 9.97 Å². The van der Waals surface area contributed by atoms with Crippen LogP contribution in [0.15, 0.2) is 24.3 Å². The number of benzene rings is 1. The summed E-state index contributed by atoms with van der Waals surface area (Å²) in [6, 6.07) is 6.95. The van der Waals surface area contributed by atoms with Crippen LogP contribution in [0.25, 0.3) is 0 Å². The fourth-order valence-corrected chi connectivity index (χ4v) is 3.26. The van der Waals surface area contributed by atoms with Gasteiger partial charge in [-0.3, -0.25) is 4.79 Å². The molecule has 1 aromatic heterocycles. The summed E-state index contributed by atoms with van der Waals surface area (Å²) in [5.41, 5.74) is 1.29. The van der Waals surface area contributed by atoms with Crippen molar-refractivity contribution in [3.63, 3.8) is 0 Å². The molecular weight excluding hydrogens is 352 g/mol. The number of amides is 1. The quantitative estimate of drug-likeness (QED) is 0.869. The van der Waals surface area contributed by atoms with Crippen molar-refractivity contribution in [3.8, 4) is 5.75 Å². The highest BCUT2D eigenvalue weighted by Crippen LogP contribution is 2.23. The highest BCUT2D eigenvalue weighted by Gasteiger charge is 2.16. The average molecular weight is 375 g/mol. The second-order valence-corrected chi connectivity index (χ2v) is 6.80. The fourth-order valence-electron chi connectivity index (χ4n) is 3.09. The molecule has 1 saturated heterocycles. The lowest BCUT2D eigenvalue weighted by molar-refractivity contribution is 0.0947. The normalized spacial score (nSPS) is 14.2. The maximum absolute atomic E-state index is 12.5. The first-order chi connectivity index (χ1) is 12.6. The molecular formula is C19H23ClN4O2. The SMILES string of the molecule is COc1ccc(Cl)cc1C(=O)NCc1nc(C)cc(N2CCCCC2)n1. The Morgan fingerprint density at radius 3 is 2.73 bits per heavy atom. The molecule has 7 heteroatoms. The smallest absolute Gasteiger partial charge is 0.255 e. The molecule has 1 aromatic carbocycles. The van der Waals surface area contributed by atoms with Crippen LogP contribution in [0.1, 0.15) is 41.1 Å². The third-order valence-electron chi connectivity index (χ3n) is 4.38. The van der Waals surface area contributed by atoms with Crippen molar-refractivity contribution in [2.45, 2.75) is 32.7 Å². The number of carbonyl (C=O) groups excluding carboxylic acids is 1. The van der Waals surface area contributed by atoms with Gasteiger partial charge in [-0.2, -0.15) is 0 Å². The zero-order valence-electron chi connectivity index (χ0n) is 15.1. The molecule has 3 rings (SSSR count). The van der Waals surface area contributed by atoms with E-state index in [1.54, 1.807) is 18.2 Å². The van der Waals surface area contributed by atoms with Crippen LogP contribution in [0.4, 0.5) is 5.82 Å². The molecule has 0 aliphatic carbocycles. The van der Waals surface area contributed by atoms with E-state index in [-0.39, 0.29) is 12.5 Å². The molecule has 1 amide bonds. The largest absolute Gasteiger partial charge is 0.496 e. The first kappa shape index (κ1) is 18.5. The zero-order valence-corrected chi connectivity index (χ0v) is 15.8. The highest BCUT2D eigenvalue weighted by atomic mass is 35.5. The predicted molar refractivity (Wildman–Crippen MR) is 102 cm³/mol. The summed E-state index contributed by atoms with van der Waals surface area (Å²) in [5, 5.41) is 3.34. The van der Waals surface area contributed by atoms with Gasteiger partial charge >= 0.3 is 0 Å². The summed E-state index contributed by atoms with van der Waals surface area (Å²) in [7, 11) is 1.52. The molecule has 0 spiro atoms. The summed E-state index contributed by atoms with van der Waals surface area (Å²) >= 11 is 6.00. The van der Waals surface area contributed by atoms with Gasteiger partial charge in [-0.05, 0) is 44.4 Å². The number of anilines is 1. The molecule has 1 fully saturated rings. The molecule has 6 nitrogen and oxygen atoms in total. The lowest BCUT2D eigenvalue weighted by Gasteiger charge is -2.28. The van der Waals surface area contributed by atoms with Crippen molar-refractivity contribution >= 4 is 23.3 Å². The Labute approximate surface area is 158 Å². The number of rotatable bonds is 5. The van der Waals surface area contributed by atoms with Crippen molar-refractivity contribution in [2.75, 3.05) is 25.1 Å². The molecule has 0 radical (unpaired) electrons. The summed E-state index contributed by atoms with van der Waals surface area (Å²) in [6.07, 6.45) is 3.64. The third-order valence-corrected chi connectivity index (χ3v) is 4.62. The number of aromatic nitrogens is 2. The number of methoxy groups -OCH3 is 1. The van der Waals surface area contributed by atoms with Crippen LogP contribution in [0, 0.1) is 6.92 Å². The van der Waals surface area contributed by atoms with E-state index < -0.39 is 0 Å². The van der Waals surface area contributed by atoms with E-state index >= 15 is 0 Å². The van der Waals surface area contributed by atoms with Gasteiger partial charge in [-0.1, -0.05) is 11.6 Å². The monoisotopic (exact) mass is 374 g/mol. The van der Waals surface area contributed by atoms with Crippen molar-refractivity contribution in [3.05, 3.63) is 46.4 Å². The van der Waals surface area contributed by atoms with E-state index in [1.165, 1.54) is 26.4 Å². The van der Waals surface area contributed by atoms with E-state index in [0.717, 1.165) is 24.6 Å². The average Bonchev–Trinajstić information content (AvgIpc) is 2.66. The number of hydrogen-bond acceptors (Lipinski definition) is 5. The standard InChI is InChI=1S/C19H23ClN4O2/c1-13-10-18(24-8-4-3-5-9-24)23-17(22-13)12-21-19(25)15-11-14(20)6-7-16(15)26-2/h6-7,10-11H,3-5,8-9,12H2,1-2H3,(H,21,25). The van der Waals surface area contributed by atoms with Crippen LogP contribution >= 0.6 is 11.6 Å². The van der Waals surface area contributed by atoms with Gasteiger partial charge in [0.2, 0.25) is 0 Å². The summed E-state index contributed by atoms with van der Waals surface area (Å²) < 4.78 is 5.23. The van der Waals surface area contributed by atoms with Gasteiger partial charge in [0.1, 0.15) is 17.4 Å². The lowest BCUT2D eigenvalue weighted by Crippen LogP contribution is -2.31. The molecule has 0 atom stereocenters. The van der Waals surface area contributed by atoms with E-state index in [1.807, 2.05) is 13.0 Å². The maximum atomic E-state index is 12.5. The molecule has 0 bridgehead atoms. The van der Waals surface area contributed by atoms with E-state index in [0.29, 0.717) is 22.2 Å². The summed E-state index contributed by atoms with van der Waals surface area (Å²) in [4.78, 5) is 23.9. The Bertz CT molecular complexity index is 791. The van der Waals surface area contributed by atoms with Gasteiger partial charge in [0, 0.05) is 29.9 Å². The van der Waals surface area contributed by atoms with Gasteiger partial charge in [0.15, 0.2) is 0 Å². The number of halogens is 1. The second-order valence-electron chi connectivity index (χ2n) is 6.36. The Morgan fingerprint density at radius 2 is 2.00 bits per heavy atom. The van der Waals surface area contributed by atoms with Gasteiger partial charge < -0.3 is 15.0 Å². The molecule has 2 heterocycles. The number of aryl methyl sites for hydroxylation is 1. The Morgan fingerprint density at radius 1 is 1.23 bits per heavy atom. The highest BCUT2D eigenvalue weighted by molar-refractivity contribution is 6.31. The number of piperidine rings is 1. The molecule has 26 heavy (non-hydrogen) atoms. The molecule has 138 valence electrons. The van der Waals surface area contributed by atoms with Crippen LogP contribution in [0.2, 0.25) is 5.02 Å². The number of ether oxygens (including phenoxy) is 1. The minimum Gasteiger partial charge on any atom is -0.496 e.